The van der Waals surface area contributed by atoms with E-state index in [4.69, 9.17) is 9.47 Å². The summed E-state index contributed by atoms with van der Waals surface area (Å²) < 4.78 is 12.2. The van der Waals surface area contributed by atoms with Crippen molar-refractivity contribution in [2.24, 2.45) is 0 Å². The lowest BCUT2D eigenvalue weighted by Gasteiger charge is -2.11. The minimum Gasteiger partial charge on any atom is -0.497 e. The average Bonchev–Trinajstić information content (AvgIpc) is 3.12. The van der Waals surface area contributed by atoms with Crippen LogP contribution in [0.25, 0.3) is 5.69 Å². The number of nitrogens with zero attached hydrogens (tertiary/aromatic N) is 2. The van der Waals surface area contributed by atoms with Gasteiger partial charge in [0.15, 0.2) is 0 Å². The number of amides is 1. The van der Waals surface area contributed by atoms with E-state index < -0.39 is 0 Å². The fourth-order valence-electron chi connectivity index (χ4n) is 2.33. The molecule has 122 valence electrons. The molecule has 1 amide bonds. The van der Waals surface area contributed by atoms with Crippen molar-refractivity contribution in [3.8, 4) is 17.2 Å². The van der Waals surface area contributed by atoms with Crippen molar-refractivity contribution in [3.05, 3.63) is 66.7 Å². The lowest BCUT2D eigenvalue weighted by Crippen LogP contribution is -2.16. The van der Waals surface area contributed by atoms with Gasteiger partial charge in [-0.3, -0.25) is 9.36 Å². The van der Waals surface area contributed by atoms with Crippen LogP contribution in [0.3, 0.4) is 0 Å². The van der Waals surface area contributed by atoms with Gasteiger partial charge in [-0.25, -0.2) is 4.98 Å². The third kappa shape index (κ3) is 3.22. The van der Waals surface area contributed by atoms with Crippen LogP contribution in [-0.4, -0.2) is 29.7 Å². The van der Waals surface area contributed by atoms with E-state index in [-0.39, 0.29) is 5.91 Å². The molecular weight excluding hydrogens is 306 g/mol. The molecule has 0 aliphatic carbocycles. The highest BCUT2D eigenvalue weighted by atomic mass is 16.5. The number of nitrogens with one attached hydrogen (secondary N) is 1. The van der Waals surface area contributed by atoms with Crippen molar-refractivity contribution in [2.45, 2.75) is 0 Å². The zero-order valence-electron chi connectivity index (χ0n) is 13.4. The predicted molar refractivity (Wildman–Crippen MR) is 91.1 cm³/mol. The van der Waals surface area contributed by atoms with Crippen LogP contribution in [0.4, 0.5) is 5.69 Å². The number of anilines is 1. The van der Waals surface area contributed by atoms with Gasteiger partial charge in [-0.15, -0.1) is 0 Å². The first-order valence-electron chi connectivity index (χ1n) is 7.33. The Morgan fingerprint density at radius 3 is 2.33 bits per heavy atom. The third-order valence-corrected chi connectivity index (χ3v) is 3.51. The first kappa shape index (κ1) is 15.6. The van der Waals surface area contributed by atoms with Crippen LogP contribution in [0.15, 0.2) is 61.1 Å². The summed E-state index contributed by atoms with van der Waals surface area (Å²) >= 11 is 0. The Bertz CT molecular complexity index is 821. The number of carbonyl (C=O) groups excluding carboxylic acids is 1. The van der Waals surface area contributed by atoms with Crippen molar-refractivity contribution < 1.29 is 14.3 Å². The lowest BCUT2D eigenvalue weighted by molar-refractivity contribution is 0.102. The number of benzene rings is 2. The topological polar surface area (TPSA) is 65.4 Å². The standard InChI is InChI=1S/C18H17N3O3/c1-23-15-8-13(9-16(10-15)24-2)20-18(22)17-11-19-12-21(17)14-6-4-3-5-7-14/h3-12H,1-2H3,(H,20,22). The van der Waals surface area contributed by atoms with Crippen LogP contribution in [-0.2, 0) is 0 Å². The molecule has 0 fully saturated rings. The molecule has 2 aromatic carbocycles. The van der Waals surface area contributed by atoms with Crippen molar-refractivity contribution in [1.29, 1.82) is 0 Å². The van der Waals surface area contributed by atoms with Crippen LogP contribution in [0, 0.1) is 0 Å². The molecule has 3 rings (SSSR count). The fourth-order valence-corrected chi connectivity index (χ4v) is 2.33. The van der Waals surface area contributed by atoms with Gasteiger partial charge in [-0.1, -0.05) is 18.2 Å². The lowest BCUT2D eigenvalue weighted by atomic mass is 10.2. The molecule has 24 heavy (non-hydrogen) atoms. The largest absolute Gasteiger partial charge is 0.497 e. The first-order chi connectivity index (χ1) is 11.7. The van der Waals surface area contributed by atoms with Gasteiger partial charge >= 0.3 is 0 Å². The third-order valence-electron chi connectivity index (χ3n) is 3.51. The second-order valence-corrected chi connectivity index (χ2v) is 5.04. The summed E-state index contributed by atoms with van der Waals surface area (Å²) in [6.07, 6.45) is 3.14. The van der Waals surface area contributed by atoms with E-state index in [1.807, 2.05) is 30.3 Å². The predicted octanol–water partition coefficient (Wildman–Crippen LogP) is 3.14. The molecule has 6 heteroatoms. The average molecular weight is 323 g/mol. The zero-order valence-corrected chi connectivity index (χ0v) is 13.4. The fraction of sp³-hybridized carbons (Fsp3) is 0.111. The van der Waals surface area contributed by atoms with Gasteiger partial charge in [0.25, 0.3) is 5.91 Å². The van der Waals surface area contributed by atoms with Crippen LogP contribution in [0.1, 0.15) is 10.5 Å². The maximum Gasteiger partial charge on any atom is 0.274 e. The van der Waals surface area contributed by atoms with E-state index in [1.54, 1.807) is 43.3 Å². The maximum absolute atomic E-state index is 12.6. The molecule has 0 aliphatic heterocycles. The van der Waals surface area contributed by atoms with Gasteiger partial charge < -0.3 is 14.8 Å². The Morgan fingerprint density at radius 1 is 1.04 bits per heavy atom. The molecule has 0 atom stereocenters. The van der Waals surface area contributed by atoms with E-state index >= 15 is 0 Å². The van der Waals surface area contributed by atoms with E-state index in [2.05, 4.69) is 10.3 Å². The summed E-state index contributed by atoms with van der Waals surface area (Å²) in [6.45, 7) is 0. The summed E-state index contributed by atoms with van der Waals surface area (Å²) in [5.41, 5.74) is 1.88. The minimum absolute atomic E-state index is 0.272. The Hall–Kier alpha value is -3.28. The van der Waals surface area contributed by atoms with Crippen LogP contribution in [0.2, 0.25) is 0 Å². The number of carbonyl (C=O) groups is 1. The summed E-state index contributed by atoms with van der Waals surface area (Å²) in [4.78, 5) is 16.7. The number of aromatic nitrogens is 2. The number of rotatable bonds is 5. The van der Waals surface area contributed by atoms with Crippen LogP contribution in [0.5, 0.6) is 11.5 Å². The SMILES string of the molecule is COc1cc(NC(=O)c2cncn2-c2ccccc2)cc(OC)c1. The number of hydrogen-bond acceptors (Lipinski definition) is 4. The summed E-state index contributed by atoms with van der Waals surface area (Å²) in [5.74, 6) is 0.925. The monoisotopic (exact) mass is 323 g/mol. The normalized spacial score (nSPS) is 10.2. The van der Waals surface area contributed by atoms with Crippen molar-refractivity contribution in [2.75, 3.05) is 19.5 Å². The number of para-hydroxylation sites is 1. The molecule has 1 aromatic heterocycles. The summed E-state index contributed by atoms with van der Waals surface area (Å²) in [7, 11) is 3.12. The van der Waals surface area contributed by atoms with Gasteiger partial charge in [0, 0.05) is 29.6 Å². The van der Waals surface area contributed by atoms with Gasteiger partial charge in [0.1, 0.15) is 17.2 Å². The Morgan fingerprint density at radius 2 is 1.71 bits per heavy atom. The second-order valence-electron chi connectivity index (χ2n) is 5.04. The number of methoxy groups -OCH3 is 2. The van der Waals surface area contributed by atoms with Crippen molar-refractivity contribution in [1.82, 2.24) is 9.55 Å². The van der Waals surface area contributed by atoms with E-state index in [9.17, 15) is 4.79 Å². The Balaban J connectivity index is 1.88. The molecule has 6 nitrogen and oxygen atoms in total. The van der Waals surface area contributed by atoms with Gasteiger partial charge in [0.05, 0.1) is 26.7 Å². The summed E-state index contributed by atoms with van der Waals surface area (Å²) in [6, 6.07) is 14.7. The van der Waals surface area contributed by atoms with Crippen molar-refractivity contribution in [3.63, 3.8) is 0 Å². The first-order valence-corrected chi connectivity index (χ1v) is 7.33. The van der Waals surface area contributed by atoms with Gasteiger partial charge in [0.2, 0.25) is 0 Å². The molecule has 0 saturated heterocycles. The maximum atomic E-state index is 12.6. The van der Waals surface area contributed by atoms with Crippen molar-refractivity contribution >= 4 is 11.6 Å². The van der Waals surface area contributed by atoms with Gasteiger partial charge in [-0.2, -0.15) is 0 Å². The van der Waals surface area contributed by atoms with Crippen LogP contribution < -0.4 is 14.8 Å². The van der Waals surface area contributed by atoms with Crippen LogP contribution >= 0.6 is 0 Å². The molecule has 0 bridgehead atoms. The number of hydrogen-bond donors (Lipinski definition) is 1. The molecule has 1 N–H and O–H groups in total. The van der Waals surface area contributed by atoms with Gasteiger partial charge in [-0.05, 0) is 12.1 Å². The molecule has 0 saturated carbocycles. The molecule has 1 heterocycles. The quantitative estimate of drug-likeness (QED) is 0.783. The molecule has 0 radical (unpaired) electrons. The zero-order chi connectivity index (χ0) is 16.9. The van der Waals surface area contributed by atoms with E-state index in [0.717, 1.165) is 5.69 Å². The molecule has 0 unspecified atom stereocenters. The minimum atomic E-state index is -0.272. The Labute approximate surface area is 139 Å². The summed E-state index contributed by atoms with van der Waals surface area (Å²) in [5, 5.41) is 2.84. The second kappa shape index (κ2) is 6.87. The molecule has 3 aromatic rings. The van der Waals surface area contributed by atoms with E-state index in [1.165, 1.54) is 6.20 Å². The molecule has 0 aliphatic rings. The molecular formula is C18H17N3O3. The molecule has 0 spiro atoms. The highest BCUT2D eigenvalue weighted by molar-refractivity contribution is 6.03. The van der Waals surface area contributed by atoms with E-state index in [0.29, 0.717) is 22.9 Å². The number of ether oxygens (including phenoxy) is 2. The Kier molecular flexibility index (Phi) is 4.47. The highest BCUT2D eigenvalue weighted by Gasteiger charge is 2.14. The highest BCUT2D eigenvalue weighted by Crippen LogP contribution is 2.26. The number of imidazole rings is 1. The smallest absolute Gasteiger partial charge is 0.274 e.